The van der Waals surface area contributed by atoms with Gasteiger partial charge in [-0.2, -0.15) is 0 Å². The summed E-state index contributed by atoms with van der Waals surface area (Å²) >= 11 is 0. The molecule has 2 N–H and O–H groups in total. The van der Waals surface area contributed by atoms with Crippen molar-refractivity contribution in [2.24, 2.45) is 5.92 Å². The third-order valence-electron chi connectivity index (χ3n) is 5.95. The maximum Gasteiger partial charge on any atom is 0.326 e. The minimum absolute atomic E-state index is 0.0455. The molecule has 2 heterocycles. The molecule has 1 aliphatic heterocycles. The molecule has 6 heteroatoms. The van der Waals surface area contributed by atoms with Crippen molar-refractivity contribution in [2.45, 2.75) is 51.1 Å². The number of piperidine rings is 1. The molecule has 1 saturated carbocycles. The first-order chi connectivity index (χ1) is 12.1. The van der Waals surface area contributed by atoms with Crippen molar-refractivity contribution in [1.29, 1.82) is 0 Å². The van der Waals surface area contributed by atoms with Crippen molar-refractivity contribution < 1.29 is 4.79 Å². The van der Waals surface area contributed by atoms with Gasteiger partial charge in [-0.15, -0.1) is 0 Å². The van der Waals surface area contributed by atoms with Gasteiger partial charge in [0.25, 0.3) is 0 Å². The number of benzene rings is 1. The van der Waals surface area contributed by atoms with Gasteiger partial charge in [0.05, 0.1) is 11.0 Å². The molecule has 1 saturated heterocycles. The Bertz CT molecular complexity index is 812. The van der Waals surface area contributed by atoms with Crippen LogP contribution in [0.5, 0.6) is 0 Å². The van der Waals surface area contributed by atoms with Crippen LogP contribution in [0.15, 0.2) is 29.1 Å². The molecule has 2 amide bonds. The molecule has 1 atom stereocenters. The van der Waals surface area contributed by atoms with Crippen LogP contribution in [0.2, 0.25) is 0 Å². The van der Waals surface area contributed by atoms with E-state index >= 15 is 0 Å². The van der Waals surface area contributed by atoms with Gasteiger partial charge in [-0.3, -0.25) is 4.57 Å². The van der Waals surface area contributed by atoms with E-state index in [0.29, 0.717) is 19.0 Å². The average Bonchev–Trinajstić information content (AvgIpc) is 2.89. The number of nitrogens with zero attached hydrogens (tertiary/aromatic N) is 2. The number of rotatable bonds is 3. The van der Waals surface area contributed by atoms with E-state index in [4.69, 9.17) is 0 Å². The van der Waals surface area contributed by atoms with Crippen LogP contribution in [0.3, 0.4) is 0 Å². The first-order valence-corrected chi connectivity index (χ1v) is 9.38. The molecule has 2 fully saturated rings. The largest absolute Gasteiger partial charge is 0.335 e. The van der Waals surface area contributed by atoms with E-state index in [0.717, 1.165) is 23.9 Å². The number of likely N-dealkylation sites (tertiary alicyclic amines) is 1. The molecule has 1 unspecified atom stereocenters. The predicted octanol–water partition coefficient (Wildman–Crippen LogP) is 2.86. The lowest BCUT2D eigenvalue weighted by Crippen LogP contribution is -2.50. The summed E-state index contributed by atoms with van der Waals surface area (Å²) in [5.41, 5.74) is 1.78. The van der Waals surface area contributed by atoms with Gasteiger partial charge in [0, 0.05) is 25.2 Å². The zero-order chi connectivity index (χ0) is 17.4. The van der Waals surface area contributed by atoms with Gasteiger partial charge in [0.2, 0.25) is 0 Å². The minimum atomic E-state index is -0.0530. The molecular weight excluding hydrogens is 316 g/mol. The van der Waals surface area contributed by atoms with Gasteiger partial charge in [-0.1, -0.05) is 18.6 Å². The second kappa shape index (κ2) is 6.58. The number of fused-ring (bicyclic) bond motifs is 1. The number of urea groups is 1. The Morgan fingerprint density at radius 3 is 2.60 bits per heavy atom. The van der Waals surface area contributed by atoms with E-state index in [1.165, 1.54) is 19.3 Å². The zero-order valence-corrected chi connectivity index (χ0v) is 14.7. The van der Waals surface area contributed by atoms with Crippen LogP contribution < -0.4 is 11.0 Å². The van der Waals surface area contributed by atoms with Crippen LogP contribution >= 0.6 is 0 Å². The van der Waals surface area contributed by atoms with Crippen molar-refractivity contribution >= 4 is 17.1 Å². The van der Waals surface area contributed by atoms with E-state index in [2.05, 4.69) is 17.2 Å². The fraction of sp³-hybridized carbons (Fsp3) is 0.579. The second-order valence-electron chi connectivity index (χ2n) is 7.46. The number of aromatic nitrogens is 2. The molecule has 2 aliphatic rings. The summed E-state index contributed by atoms with van der Waals surface area (Å²) in [4.78, 5) is 29.6. The molecule has 1 aromatic carbocycles. The van der Waals surface area contributed by atoms with Crippen LogP contribution in [0.4, 0.5) is 4.79 Å². The summed E-state index contributed by atoms with van der Waals surface area (Å²) in [7, 11) is 0. The Hall–Kier alpha value is -2.24. The molecular formula is C19H26N4O2. The van der Waals surface area contributed by atoms with Crippen LogP contribution in [0, 0.1) is 5.92 Å². The smallest absolute Gasteiger partial charge is 0.326 e. The topological polar surface area (TPSA) is 70.1 Å². The molecule has 0 spiro atoms. The molecule has 1 aliphatic carbocycles. The summed E-state index contributed by atoms with van der Waals surface area (Å²) < 4.78 is 1.86. The summed E-state index contributed by atoms with van der Waals surface area (Å²) in [5, 5.41) is 3.15. The SMILES string of the molecule is CC(NC(=O)N1CCC(n2c(=O)[nH]c3ccccc32)CC1)C1CCC1. The lowest BCUT2D eigenvalue weighted by atomic mass is 9.80. The standard InChI is InChI=1S/C19H26N4O2/c1-13(14-5-4-6-14)20-18(24)22-11-9-15(10-12-22)23-17-8-3-2-7-16(17)21-19(23)25/h2-3,7-8,13-15H,4-6,9-12H2,1H3,(H,20,24)(H,21,25). The molecule has 6 nitrogen and oxygen atoms in total. The van der Waals surface area contributed by atoms with Gasteiger partial charge in [0.1, 0.15) is 0 Å². The Kier molecular flexibility index (Phi) is 4.27. The summed E-state index contributed by atoms with van der Waals surface area (Å²) in [6, 6.07) is 8.25. The Labute approximate surface area is 147 Å². The number of H-pyrrole nitrogens is 1. The number of nitrogens with one attached hydrogen (secondary N) is 2. The zero-order valence-electron chi connectivity index (χ0n) is 14.7. The minimum Gasteiger partial charge on any atom is -0.335 e. The summed E-state index contributed by atoms with van der Waals surface area (Å²) in [6.45, 7) is 3.50. The second-order valence-corrected chi connectivity index (χ2v) is 7.46. The number of hydrogen-bond donors (Lipinski definition) is 2. The fourth-order valence-electron chi connectivity index (χ4n) is 4.11. The van der Waals surface area contributed by atoms with Gasteiger partial charge >= 0.3 is 11.7 Å². The number of carbonyl (C=O) groups is 1. The fourth-order valence-corrected chi connectivity index (χ4v) is 4.11. The third kappa shape index (κ3) is 3.05. The number of para-hydroxylation sites is 2. The van der Waals surface area contributed by atoms with E-state index in [1.807, 2.05) is 33.7 Å². The Morgan fingerprint density at radius 2 is 1.92 bits per heavy atom. The van der Waals surface area contributed by atoms with Gasteiger partial charge in [-0.05, 0) is 50.7 Å². The molecule has 1 aromatic heterocycles. The Morgan fingerprint density at radius 1 is 1.20 bits per heavy atom. The molecule has 0 radical (unpaired) electrons. The maximum atomic E-state index is 12.5. The monoisotopic (exact) mass is 342 g/mol. The van der Waals surface area contributed by atoms with Crippen LogP contribution in [0.1, 0.15) is 45.1 Å². The quantitative estimate of drug-likeness (QED) is 0.900. The predicted molar refractivity (Wildman–Crippen MR) is 97.7 cm³/mol. The normalized spacial score (nSPS) is 20.4. The highest BCUT2D eigenvalue weighted by Crippen LogP contribution is 2.30. The summed E-state index contributed by atoms with van der Waals surface area (Å²) in [6.07, 6.45) is 5.37. The highest BCUT2D eigenvalue weighted by Gasteiger charge is 2.29. The third-order valence-corrected chi connectivity index (χ3v) is 5.95. The number of hydrogen-bond acceptors (Lipinski definition) is 2. The van der Waals surface area contributed by atoms with Crippen LogP contribution in [-0.4, -0.2) is 39.6 Å². The van der Waals surface area contributed by atoms with Crippen LogP contribution in [-0.2, 0) is 0 Å². The van der Waals surface area contributed by atoms with Crippen LogP contribution in [0.25, 0.3) is 11.0 Å². The molecule has 2 aromatic rings. The number of aromatic amines is 1. The van der Waals surface area contributed by atoms with E-state index in [9.17, 15) is 9.59 Å². The molecule has 4 rings (SSSR count). The average molecular weight is 342 g/mol. The van der Waals surface area contributed by atoms with Gasteiger partial charge in [-0.25, -0.2) is 9.59 Å². The van der Waals surface area contributed by atoms with E-state index in [-0.39, 0.29) is 23.8 Å². The highest BCUT2D eigenvalue weighted by molar-refractivity contribution is 5.75. The lowest BCUT2D eigenvalue weighted by molar-refractivity contribution is 0.158. The first-order valence-electron chi connectivity index (χ1n) is 9.38. The van der Waals surface area contributed by atoms with Gasteiger partial charge in [0.15, 0.2) is 0 Å². The molecule has 25 heavy (non-hydrogen) atoms. The van der Waals surface area contributed by atoms with Crippen molar-refractivity contribution in [3.8, 4) is 0 Å². The van der Waals surface area contributed by atoms with Crippen molar-refractivity contribution in [3.63, 3.8) is 0 Å². The van der Waals surface area contributed by atoms with Crippen molar-refractivity contribution in [1.82, 2.24) is 19.8 Å². The number of amides is 2. The molecule has 0 bridgehead atoms. The molecule has 134 valence electrons. The number of imidazole rings is 1. The first kappa shape index (κ1) is 16.2. The maximum absolute atomic E-state index is 12.5. The summed E-state index contributed by atoms with van der Waals surface area (Å²) in [5.74, 6) is 0.645. The number of carbonyl (C=O) groups excluding carboxylic acids is 1. The lowest BCUT2D eigenvalue weighted by Gasteiger charge is -2.36. The van der Waals surface area contributed by atoms with E-state index in [1.54, 1.807) is 0 Å². The Balaban J connectivity index is 1.40. The van der Waals surface area contributed by atoms with E-state index < -0.39 is 0 Å². The van der Waals surface area contributed by atoms with Crippen molar-refractivity contribution in [2.75, 3.05) is 13.1 Å². The van der Waals surface area contributed by atoms with Gasteiger partial charge < -0.3 is 15.2 Å². The van der Waals surface area contributed by atoms with Crippen molar-refractivity contribution in [3.05, 3.63) is 34.7 Å². The highest BCUT2D eigenvalue weighted by atomic mass is 16.2.